The van der Waals surface area contributed by atoms with E-state index in [4.69, 9.17) is 4.74 Å². The molecule has 7 heteroatoms. The van der Waals surface area contributed by atoms with Gasteiger partial charge in [-0.15, -0.1) is 0 Å². The molecule has 0 saturated heterocycles. The molecule has 0 fully saturated rings. The third-order valence-electron chi connectivity index (χ3n) is 4.25. The highest BCUT2D eigenvalue weighted by molar-refractivity contribution is 7.89. The third kappa shape index (κ3) is 3.17. The molecule has 1 aromatic heterocycles. The van der Waals surface area contributed by atoms with E-state index in [0.29, 0.717) is 24.4 Å². The summed E-state index contributed by atoms with van der Waals surface area (Å²) in [5, 5.41) is 4.17. The molecule has 23 heavy (non-hydrogen) atoms. The molecule has 1 aliphatic heterocycles. The van der Waals surface area contributed by atoms with E-state index in [1.165, 1.54) is 11.1 Å². The second kappa shape index (κ2) is 6.07. The van der Waals surface area contributed by atoms with E-state index in [2.05, 4.69) is 15.9 Å². The molecule has 6 nitrogen and oxygen atoms in total. The van der Waals surface area contributed by atoms with E-state index in [-0.39, 0.29) is 17.5 Å². The normalized spacial score (nSPS) is 18.0. The Bertz CT molecular complexity index is 827. The second-order valence-corrected chi connectivity index (χ2v) is 7.59. The van der Waals surface area contributed by atoms with Crippen LogP contribution in [0.15, 0.2) is 29.2 Å². The number of hydrogen-bond donors (Lipinski definition) is 1. The van der Waals surface area contributed by atoms with Gasteiger partial charge in [0.15, 0.2) is 0 Å². The van der Waals surface area contributed by atoms with Crippen molar-refractivity contribution in [1.82, 2.24) is 14.5 Å². The fraction of sp³-hybridized carbons (Fsp3) is 0.438. The average Bonchev–Trinajstić information content (AvgIpc) is 2.78. The van der Waals surface area contributed by atoms with Crippen LogP contribution in [0.25, 0.3) is 0 Å². The molecule has 0 spiro atoms. The number of fused-ring (bicyclic) bond motifs is 1. The molecule has 3 rings (SSSR count). The van der Waals surface area contributed by atoms with Gasteiger partial charge < -0.3 is 4.74 Å². The van der Waals surface area contributed by atoms with Crippen LogP contribution in [0.1, 0.15) is 22.5 Å². The third-order valence-corrected chi connectivity index (χ3v) is 5.93. The maximum Gasteiger partial charge on any atom is 0.244 e. The van der Waals surface area contributed by atoms with Crippen LogP contribution < -0.4 is 4.72 Å². The summed E-state index contributed by atoms with van der Waals surface area (Å²) >= 11 is 0. The van der Waals surface area contributed by atoms with E-state index in [9.17, 15) is 8.42 Å². The fourth-order valence-electron chi connectivity index (χ4n) is 2.96. The van der Waals surface area contributed by atoms with Gasteiger partial charge in [-0.3, -0.25) is 4.68 Å². The van der Waals surface area contributed by atoms with Crippen molar-refractivity contribution in [2.45, 2.75) is 37.9 Å². The number of aryl methyl sites for hydroxylation is 2. The van der Waals surface area contributed by atoms with Crippen molar-refractivity contribution in [1.29, 1.82) is 0 Å². The van der Waals surface area contributed by atoms with Crippen molar-refractivity contribution in [3.8, 4) is 0 Å². The van der Waals surface area contributed by atoms with Gasteiger partial charge in [0.05, 0.1) is 24.1 Å². The van der Waals surface area contributed by atoms with Crippen molar-refractivity contribution in [3.05, 3.63) is 46.8 Å². The van der Waals surface area contributed by atoms with Crippen molar-refractivity contribution in [3.63, 3.8) is 0 Å². The van der Waals surface area contributed by atoms with Gasteiger partial charge in [0.25, 0.3) is 0 Å². The summed E-state index contributed by atoms with van der Waals surface area (Å²) in [7, 11) is -1.85. The van der Waals surface area contributed by atoms with Crippen LogP contribution in [0.3, 0.4) is 0 Å². The molecule has 0 aliphatic carbocycles. The first kappa shape index (κ1) is 16.2. The number of aromatic nitrogens is 2. The summed E-state index contributed by atoms with van der Waals surface area (Å²) in [4.78, 5) is 0.260. The average molecular weight is 335 g/mol. The van der Waals surface area contributed by atoms with Gasteiger partial charge in [0.2, 0.25) is 10.0 Å². The largest absolute Gasteiger partial charge is 0.372 e. The zero-order valence-electron chi connectivity index (χ0n) is 13.5. The lowest BCUT2D eigenvalue weighted by molar-refractivity contribution is 0.0322. The highest BCUT2D eigenvalue weighted by Crippen LogP contribution is 2.21. The summed E-state index contributed by atoms with van der Waals surface area (Å²) in [5.74, 6) is 0. The first-order valence-electron chi connectivity index (χ1n) is 7.56. The Balaban J connectivity index is 1.71. The van der Waals surface area contributed by atoms with Crippen LogP contribution >= 0.6 is 0 Å². The van der Waals surface area contributed by atoms with Crippen LogP contribution in [0, 0.1) is 13.8 Å². The first-order valence-corrected chi connectivity index (χ1v) is 9.05. The minimum Gasteiger partial charge on any atom is -0.372 e. The Morgan fingerprint density at radius 2 is 2.00 bits per heavy atom. The molecule has 0 unspecified atom stereocenters. The molecule has 2 aromatic rings. The summed E-state index contributed by atoms with van der Waals surface area (Å²) in [6.45, 7) is 4.23. The summed E-state index contributed by atoms with van der Waals surface area (Å²) < 4.78 is 35.1. The molecule has 2 heterocycles. The maximum absolute atomic E-state index is 12.6. The minimum absolute atomic E-state index is 0.156. The smallest absolute Gasteiger partial charge is 0.244 e. The lowest BCUT2D eigenvalue weighted by Crippen LogP contribution is -2.37. The lowest BCUT2D eigenvalue weighted by atomic mass is 9.99. The molecule has 0 bridgehead atoms. The standard InChI is InChI=1S/C16H21N3O3S/c1-11-16(12(2)19(3)18-11)23(20,21)17-9-15-8-13-6-4-5-7-14(13)10-22-15/h4-7,15,17H,8-10H2,1-3H3/t15-/m0/s1. The van der Waals surface area contributed by atoms with Gasteiger partial charge in [0, 0.05) is 20.0 Å². The zero-order valence-corrected chi connectivity index (χ0v) is 14.4. The predicted octanol–water partition coefficient (Wildman–Crippen LogP) is 1.46. The highest BCUT2D eigenvalue weighted by atomic mass is 32.2. The molecule has 1 atom stereocenters. The molecule has 0 saturated carbocycles. The van der Waals surface area contributed by atoms with E-state index >= 15 is 0 Å². The van der Waals surface area contributed by atoms with E-state index in [1.54, 1.807) is 25.6 Å². The van der Waals surface area contributed by atoms with Crippen molar-refractivity contribution >= 4 is 10.0 Å². The van der Waals surface area contributed by atoms with Gasteiger partial charge >= 0.3 is 0 Å². The van der Waals surface area contributed by atoms with Crippen LogP contribution in [0.2, 0.25) is 0 Å². The van der Waals surface area contributed by atoms with Crippen LogP contribution in [-0.2, 0) is 34.8 Å². The van der Waals surface area contributed by atoms with Gasteiger partial charge in [0.1, 0.15) is 4.90 Å². The van der Waals surface area contributed by atoms with Crippen LogP contribution in [0.5, 0.6) is 0 Å². The monoisotopic (exact) mass is 335 g/mol. The van der Waals surface area contributed by atoms with Crippen LogP contribution in [-0.4, -0.2) is 30.8 Å². The maximum atomic E-state index is 12.6. The topological polar surface area (TPSA) is 73.2 Å². The Hall–Kier alpha value is -1.70. The van der Waals surface area contributed by atoms with Gasteiger partial charge in [-0.25, -0.2) is 13.1 Å². The predicted molar refractivity (Wildman–Crippen MR) is 86.6 cm³/mol. The zero-order chi connectivity index (χ0) is 16.6. The first-order chi connectivity index (χ1) is 10.9. The number of nitrogens with one attached hydrogen (secondary N) is 1. The van der Waals surface area contributed by atoms with E-state index < -0.39 is 10.0 Å². The Morgan fingerprint density at radius 3 is 2.65 bits per heavy atom. The van der Waals surface area contributed by atoms with Gasteiger partial charge in [-0.05, 0) is 25.0 Å². The molecular weight excluding hydrogens is 314 g/mol. The molecule has 0 radical (unpaired) electrons. The van der Waals surface area contributed by atoms with Crippen molar-refractivity contribution in [2.24, 2.45) is 7.05 Å². The summed E-state index contributed by atoms with van der Waals surface area (Å²) in [5.41, 5.74) is 3.53. The summed E-state index contributed by atoms with van der Waals surface area (Å²) in [6.07, 6.45) is 0.556. The number of rotatable bonds is 4. The molecule has 1 N–H and O–H groups in total. The van der Waals surface area contributed by atoms with E-state index in [0.717, 1.165) is 0 Å². The fourth-order valence-corrected chi connectivity index (χ4v) is 4.46. The second-order valence-electron chi connectivity index (χ2n) is 5.88. The van der Waals surface area contributed by atoms with Crippen molar-refractivity contribution < 1.29 is 13.2 Å². The molecule has 1 aliphatic rings. The lowest BCUT2D eigenvalue weighted by Gasteiger charge is -2.25. The molecule has 0 amide bonds. The Morgan fingerprint density at radius 1 is 1.30 bits per heavy atom. The minimum atomic E-state index is -3.59. The Kier molecular flexibility index (Phi) is 4.27. The Labute approximate surface area is 136 Å². The van der Waals surface area contributed by atoms with Gasteiger partial charge in [-0.2, -0.15) is 5.10 Å². The molecule has 1 aromatic carbocycles. The number of hydrogen-bond acceptors (Lipinski definition) is 4. The highest BCUT2D eigenvalue weighted by Gasteiger charge is 2.26. The quantitative estimate of drug-likeness (QED) is 0.918. The van der Waals surface area contributed by atoms with Crippen molar-refractivity contribution in [2.75, 3.05) is 6.54 Å². The summed E-state index contributed by atoms with van der Waals surface area (Å²) in [6, 6.07) is 8.08. The number of benzene rings is 1. The molecular formula is C16H21N3O3S. The molecule has 124 valence electrons. The van der Waals surface area contributed by atoms with Gasteiger partial charge in [-0.1, -0.05) is 24.3 Å². The van der Waals surface area contributed by atoms with E-state index in [1.807, 2.05) is 18.2 Å². The van der Waals surface area contributed by atoms with Crippen LogP contribution in [0.4, 0.5) is 0 Å². The number of ether oxygens (including phenoxy) is 1. The number of sulfonamides is 1. The SMILES string of the molecule is Cc1nn(C)c(C)c1S(=O)(=O)NC[C@@H]1Cc2ccccc2CO1. The number of nitrogens with zero attached hydrogens (tertiary/aromatic N) is 2.